The largest absolute Gasteiger partial charge is 0.327 e. The zero-order chi connectivity index (χ0) is 16.0. The molecule has 2 unspecified atom stereocenters. The summed E-state index contributed by atoms with van der Waals surface area (Å²) in [6, 6.07) is 6.28. The molecule has 2 aliphatic carbocycles. The van der Waals surface area contributed by atoms with Gasteiger partial charge in [-0.05, 0) is 62.6 Å². The molecular weight excluding hydrogens is 342 g/mol. The summed E-state index contributed by atoms with van der Waals surface area (Å²) in [4.78, 5) is 17.1. The average Bonchev–Trinajstić information content (AvgIpc) is 2.86. The zero-order valence-electron chi connectivity index (χ0n) is 13.8. The first-order valence-electron chi connectivity index (χ1n) is 8.54. The maximum absolute atomic E-state index is 12.7. The van der Waals surface area contributed by atoms with Crippen LogP contribution >= 0.6 is 23.7 Å². The van der Waals surface area contributed by atoms with Gasteiger partial charge in [-0.3, -0.25) is 4.79 Å². The standard InChI is InChI=1S/C18H23N3OS.ClH/c1-10-20-15-6-5-14(9-16(15)23-10)21-18(22)13-7-11-3-2-4-12(8-13)17(11)19;/h5-6,9,11-13,17H,2-4,7-8,19H2,1H3,(H,21,22);1H. The molecule has 1 heterocycles. The highest BCUT2D eigenvalue weighted by Crippen LogP contribution is 2.42. The number of nitrogens with one attached hydrogen (secondary N) is 1. The quantitative estimate of drug-likeness (QED) is 0.841. The zero-order valence-corrected chi connectivity index (χ0v) is 15.5. The van der Waals surface area contributed by atoms with Crippen LogP contribution < -0.4 is 11.1 Å². The van der Waals surface area contributed by atoms with Crippen LogP contribution in [0.3, 0.4) is 0 Å². The number of hydrogen-bond acceptors (Lipinski definition) is 4. The van der Waals surface area contributed by atoms with Crippen LogP contribution in [0.1, 0.15) is 37.1 Å². The Morgan fingerprint density at radius 1 is 1.29 bits per heavy atom. The molecule has 0 saturated heterocycles. The third-order valence-corrected chi connectivity index (χ3v) is 6.48. The smallest absolute Gasteiger partial charge is 0.227 e. The molecule has 2 aliphatic rings. The number of amides is 1. The van der Waals surface area contributed by atoms with Gasteiger partial charge in [-0.1, -0.05) is 6.42 Å². The predicted octanol–water partition coefficient (Wildman–Crippen LogP) is 4.12. The summed E-state index contributed by atoms with van der Waals surface area (Å²) in [5.74, 6) is 1.34. The Bertz CT molecular complexity index is 733. The van der Waals surface area contributed by atoms with Gasteiger partial charge in [0, 0.05) is 17.6 Å². The molecule has 1 aromatic carbocycles. The number of halogens is 1. The van der Waals surface area contributed by atoms with Crippen molar-refractivity contribution >= 4 is 45.6 Å². The van der Waals surface area contributed by atoms with E-state index >= 15 is 0 Å². The highest BCUT2D eigenvalue weighted by Gasteiger charge is 2.40. The minimum Gasteiger partial charge on any atom is -0.327 e. The first-order chi connectivity index (χ1) is 11.1. The lowest BCUT2D eigenvalue weighted by Crippen LogP contribution is -2.48. The predicted molar refractivity (Wildman–Crippen MR) is 102 cm³/mol. The van der Waals surface area contributed by atoms with Crippen LogP contribution in [0.2, 0.25) is 0 Å². The number of benzene rings is 1. The van der Waals surface area contributed by atoms with Crippen molar-refractivity contribution in [3.63, 3.8) is 0 Å². The second kappa shape index (κ2) is 6.98. The van der Waals surface area contributed by atoms with E-state index in [1.807, 2.05) is 25.1 Å². The number of anilines is 1. The SMILES string of the molecule is Cc1nc2ccc(NC(=O)C3CC4CCCC(C3)C4N)cc2s1.Cl. The molecule has 2 aromatic rings. The minimum absolute atomic E-state index is 0. The highest BCUT2D eigenvalue weighted by molar-refractivity contribution is 7.18. The van der Waals surface area contributed by atoms with E-state index in [1.54, 1.807) is 11.3 Å². The Kier molecular flexibility index (Phi) is 5.13. The van der Waals surface area contributed by atoms with Gasteiger partial charge >= 0.3 is 0 Å². The summed E-state index contributed by atoms with van der Waals surface area (Å²) in [6.07, 6.45) is 5.55. The molecular formula is C18H24ClN3OS. The number of aryl methyl sites for hydroxylation is 1. The van der Waals surface area contributed by atoms with Crippen molar-refractivity contribution in [3.8, 4) is 0 Å². The van der Waals surface area contributed by atoms with Gasteiger partial charge in [0.1, 0.15) is 0 Å². The van der Waals surface area contributed by atoms with E-state index in [-0.39, 0.29) is 24.2 Å². The van der Waals surface area contributed by atoms with Gasteiger partial charge < -0.3 is 11.1 Å². The molecule has 3 N–H and O–H groups in total. The number of nitrogens with two attached hydrogens (primary N) is 1. The third kappa shape index (κ3) is 3.30. The molecule has 4 rings (SSSR count). The van der Waals surface area contributed by atoms with Crippen molar-refractivity contribution < 1.29 is 4.79 Å². The Morgan fingerprint density at radius 3 is 2.71 bits per heavy atom. The third-order valence-electron chi connectivity index (χ3n) is 5.55. The molecule has 24 heavy (non-hydrogen) atoms. The van der Waals surface area contributed by atoms with Gasteiger partial charge in [0.2, 0.25) is 5.91 Å². The number of hydrogen-bond donors (Lipinski definition) is 2. The molecule has 0 aliphatic heterocycles. The molecule has 4 nitrogen and oxygen atoms in total. The average molecular weight is 366 g/mol. The molecule has 1 aromatic heterocycles. The van der Waals surface area contributed by atoms with Gasteiger partial charge in [-0.25, -0.2) is 4.98 Å². The lowest BCUT2D eigenvalue weighted by atomic mass is 9.65. The molecule has 6 heteroatoms. The van der Waals surface area contributed by atoms with Crippen molar-refractivity contribution in [2.24, 2.45) is 23.5 Å². The number of nitrogens with zero attached hydrogens (tertiary/aromatic N) is 1. The molecule has 0 radical (unpaired) electrons. The molecule has 0 spiro atoms. The van der Waals surface area contributed by atoms with Crippen LogP contribution in [0.25, 0.3) is 10.2 Å². The first-order valence-corrected chi connectivity index (χ1v) is 9.35. The van der Waals surface area contributed by atoms with Crippen LogP contribution in [0.4, 0.5) is 5.69 Å². The van der Waals surface area contributed by atoms with Crippen molar-refractivity contribution in [2.75, 3.05) is 5.32 Å². The van der Waals surface area contributed by atoms with Crippen molar-refractivity contribution in [2.45, 2.75) is 45.1 Å². The first kappa shape index (κ1) is 17.6. The number of carbonyl (C=O) groups excluding carboxylic acids is 1. The summed E-state index contributed by atoms with van der Waals surface area (Å²) >= 11 is 1.66. The van der Waals surface area contributed by atoms with E-state index in [4.69, 9.17) is 5.73 Å². The van der Waals surface area contributed by atoms with E-state index < -0.39 is 0 Å². The second-order valence-electron chi connectivity index (χ2n) is 7.10. The van der Waals surface area contributed by atoms with Crippen LogP contribution in [0, 0.1) is 24.7 Å². The second-order valence-corrected chi connectivity index (χ2v) is 8.34. The van der Waals surface area contributed by atoms with Crippen molar-refractivity contribution in [1.29, 1.82) is 0 Å². The Labute approximate surface area is 152 Å². The summed E-state index contributed by atoms with van der Waals surface area (Å²) in [7, 11) is 0. The van der Waals surface area contributed by atoms with E-state index in [9.17, 15) is 4.79 Å². The fourth-order valence-electron chi connectivity index (χ4n) is 4.37. The highest BCUT2D eigenvalue weighted by atomic mass is 35.5. The summed E-state index contributed by atoms with van der Waals surface area (Å²) in [5, 5.41) is 4.17. The summed E-state index contributed by atoms with van der Waals surface area (Å²) in [6.45, 7) is 2.01. The van der Waals surface area contributed by atoms with Crippen LogP contribution in [0.15, 0.2) is 18.2 Å². The van der Waals surface area contributed by atoms with Gasteiger partial charge in [0.05, 0.1) is 15.2 Å². The molecule has 2 atom stereocenters. The fourth-order valence-corrected chi connectivity index (χ4v) is 5.23. The van der Waals surface area contributed by atoms with Gasteiger partial charge in [-0.2, -0.15) is 0 Å². The lowest BCUT2D eigenvalue weighted by Gasteiger charge is -2.43. The molecule has 1 amide bonds. The van der Waals surface area contributed by atoms with E-state index in [0.717, 1.165) is 33.8 Å². The van der Waals surface area contributed by atoms with Crippen LogP contribution in [-0.4, -0.2) is 16.9 Å². The van der Waals surface area contributed by atoms with E-state index in [0.29, 0.717) is 17.9 Å². The van der Waals surface area contributed by atoms with Crippen molar-refractivity contribution in [1.82, 2.24) is 4.98 Å². The number of fused-ring (bicyclic) bond motifs is 3. The number of carbonyl (C=O) groups is 1. The summed E-state index contributed by atoms with van der Waals surface area (Å²) < 4.78 is 1.13. The topological polar surface area (TPSA) is 68.0 Å². The maximum atomic E-state index is 12.7. The molecule has 2 saturated carbocycles. The number of rotatable bonds is 2. The molecule has 2 bridgehead atoms. The summed E-state index contributed by atoms with van der Waals surface area (Å²) in [5.41, 5.74) is 8.21. The Morgan fingerprint density at radius 2 is 2.00 bits per heavy atom. The normalized spacial score (nSPS) is 29.1. The number of thiazole rings is 1. The number of aromatic nitrogens is 1. The minimum atomic E-state index is 0. The van der Waals surface area contributed by atoms with Gasteiger partial charge in [0.15, 0.2) is 0 Å². The Balaban J connectivity index is 0.00000169. The van der Waals surface area contributed by atoms with Gasteiger partial charge in [0.25, 0.3) is 0 Å². The van der Waals surface area contributed by atoms with E-state index in [2.05, 4.69) is 10.3 Å². The van der Waals surface area contributed by atoms with Crippen LogP contribution in [-0.2, 0) is 4.79 Å². The molecule has 130 valence electrons. The Hall–Kier alpha value is -1.17. The monoisotopic (exact) mass is 365 g/mol. The molecule has 2 fully saturated rings. The maximum Gasteiger partial charge on any atom is 0.227 e. The lowest BCUT2D eigenvalue weighted by molar-refractivity contribution is -0.122. The van der Waals surface area contributed by atoms with E-state index in [1.165, 1.54) is 19.3 Å². The van der Waals surface area contributed by atoms with Crippen molar-refractivity contribution in [3.05, 3.63) is 23.2 Å². The van der Waals surface area contributed by atoms with Crippen LogP contribution in [0.5, 0.6) is 0 Å². The van der Waals surface area contributed by atoms with Gasteiger partial charge in [-0.15, -0.1) is 23.7 Å². The fraction of sp³-hybridized carbons (Fsp3) is 0.556.